The Morgan fingerprint density at radius 3 is 2.35 bits per heavy atom. The van der Waals surface area contributed by atoms with E-state index in [-0.39, 0.29) is 0 Å². The van der Waals surface area contributed by atoms with Gasteiger partial charge < -0.3 is 15.2 Å². The fraction of sp³-hybridized carbons (Fsp3) is 0.571. The fourth-order valence-corrected chi connectivity index (χ4v) is 1.61. The molecule has 17 heavy (non-hydrogen) atoms. The maximum atomic E-state index is 5.78. The molecule has 0 amide bonds. The topological polar surface area (TPSA) is 44.5 Å². The van der Waals surface area contributed by atoms with Crippen LogP contribution in [-0.2, 0) is 0 Å². The van der Waals surface area contributed by atoms with Crippen LogP contribution in [0.3, 0.4) is 0 Å². The molecule has 0 radical (unpaired) electrons. The van der Waals surface area contributed by atoms with Gasteiger partial charge in [0.2, 0.25) is 0 Å². The van der Waals surface area contributed by atoms with Crippen LogP contribution in [-0.4, -0.2) is 13.2 Å². The van der Waals surface area contributed by atoms with Gasteiger partial charge in [-0.25, -0.2) is 0 Å². The standard InChI is InChI=1S/C14H23NO2/c1-4-16-13-8-12(15)9-14(10-13)17-7-5-6-11(2)3/h8-11H,4-7,15H2,1-3H3. The van der Waals surface area contributed by atoms with Crippen molar-refractivity contribution in [2.45, 2.75) is 33.6 Å². The maximum Gasteiger partial charge on any atom is 0.125 e. The van der Waals surface area contributed by atoms with Crippen molar-refractivity contribution in [3.63, 3.8) is 0 Å². The highest BCUT2D eigenvalue weighted by Gasteiger charge is 2.01. The first-order valence-electron chi connectivity index (χ1n) is 6.28. The van der Waals surface area contributed by atoms with Crippen LogP contribution in [0.15, 0.2) is 18.2 Å². The first-order valence-corrected chi connectivity index (χ1v) is 6.28. The highest BCUT2D eigenvalue weighted by molar-refractivity contribution is 5.50. The van der Waals surface area contributed by atoms with Gasteiger partial charge in [-0.2, -0.15) is 0 Å². The third kappa shape index (κ3) is 5.48. The van der Waals surface area contributed by atoms with E-state index in [9.17, 15) is 0 Å². The Labute approximate surface area is 104 Å². The van der Waals surface area contributed by atoms with E-state index in [0.29, 0.717) is 12.3 Å². The van der Waals surface area contributed by atoms with Gasteiger partial charge >= 0.3 is 0 Å². The molecule has 0 spiro atoms. The molecular formula is C14H23NO2. The highest BCUT2D eigenvalue weighted by Crippen LogP contribution is 2.24. The van der Waals surface area contributed by atoms with Crippen LogP contribution >= 0.6 is 0 Å². The van der Waals surface area contributed by atoms with Crippen molar-refractivity contribution >= 4 is 5.69 Å². The largest absolute Gasteiger partial charge is 0.494 e. The molecule has 1 rings (SSSR count). The van der Waals surface area contributed by atoms with Crippen molar-refractivity contribution in [3.8, 4) is 11.5 Å². The summed E-state index contributed by atoms with van der Waals surface area (Å²) in [6, 6.07) is 5.53. The average molecular weight is 237 g/mol. The van der Waals surface area contributed by atoms with Gasteiger partial charge in [-0.1, -0.05) is 13.8 Å². The van der Waals surface area contributed by atoms with E-state index in [1.165, 1.54) is 6.42 Å². The second kappa shape index (κ2) is 7.05. The minimum atomic E-state index is 0.635. The van der Waals surface area contributed by atoms with E-state index in [1.807, 2.05) is 25.1 Å². The number of hydrogen-bond acceptors (Lipinski definition) is 3. The summed E-state index contributed by atoms with van der Waals surface area (Å²) in [5.41, 5.74) is 6.46. The molecule has 3 heteroatoms. The summed E-state index contributed by atoms with van der Waals surface area (Å²) in [5, 5.41) is 0. The predicted octanol–water partition coefficient (Wildman–Crippen LogP) is 3.48. The lowest BCUT2D eigenvalue weighted by atomic mass is 10.1. The summed E-state index contributed by atoms with van der Waals surface area (Å²) >= 11 is 0. The molecule has 1 aromatic carbocycles. The van der Waals surface area contributed by atoms with E-state index >= 15 is 0 Å². The van der Waals surface area contributed by atoms with Gasteiger partial charge in [-0.15, -0.1) is 0 Å². The van der Waals surface area contributed by atoms with Gasteiger partial charge in [0.1, 0.15) is 11.5 Å². The molecule has 1 aromatic rings. The molecule has 0 aliphatic rings. The number of nitrogen functional groups attached to an aromatic ring is 1. The molecular weight excluding hydrogens is 214 g/mol. The second-order valence-electron chi connectivity index (χ2n) is 4.56. The number of hydrogen-bond donors (Lipinski definition) is 1. The van der Waals surface area contributed by atoms with Crippen LogP contribution in [0.5, 0.6) is 11.5 Å². The summed E-state index contributed by atoms with van der Waals surface area (Å²) in [5.74, 6) is 2.28. The zero-order chi connectivity index (χ0) is 12.7. The predicted molar refractivity (Wildman–Crippen MR) is 71.6 cm³/mol. The molecule has 0 saturated heterocycles. The first-order chi connectivity index (χ1) is 8.11. The van der Waals surface area contributed by atoms with Crippen LogP contribution in [0.4, 0.5) is 5.69 Å². The summed E-state index contributed by atoms with van der Waals surface area (Å²) in [7, 11) is 0. The Morgan fingerprint density at radius 2 is 1.76 bits per heavy atom. The minimum absolute atomic E-state index is 0.635. The molecule has 0 atom stereocenters. The first kappa shape index (κ1) is 13.7. The monoisotopic (exact) mass is 237 g/mol. The maximum absolute atomic E-state index is 5.78. The fourth-order valence-electron chi connectivity index (χ4n) is 1.61. The molecule has 0 bridgehead atoms. The van der Waals surface area contributed by atoms with E-state index in [1.54, 1.807) is 0 Å². The Kier molecular flexibility index (Phi) is 5.67. The number of benzene rings is 1. The molecule has 0 fully saturated rings. The lowest BCUT2D eigenvalue weighted by Crippen LogP contribution is -2.01. The van der Waals surface area contributed by atoms with Crippen molar-refractivity contribution in [2.24, 2.45) is 5.92 Å². The minimum Gasteiger partial charge on any atom is -0.494 e. The number of nitrogens with two attached hydrogens (primary N) is 1. The van der Waals surface area contributed by atoms with Crippen LogP contribution < -0.4 is 15.2 Å². The quantitative estimate of drug-likeness (QED) is 0.583. The van der Waals surface area contributed by atoms with Crippen LogP contribution in [0.25, 0.3) is 0 Å². The Balaban J connectivity index is 2.46. The highest BCUT2D eigenvalue weighted by atomic mass is 16.5. The molecule has 2 N–H and O–H groups in total. The Bertz CT molecular complexity index is 337. The number of ether oxygens (including phenoxy) is 2. The van der Waals surface area contributed by atoms with Crippen molar-refractivity contribution in [1.29, 1.82) is 0 Å². The molecule has 0 aromatic heterocycles. The normalized spacial score (nSPS) is 10.6. The van der Waals surface area contributed by atoms with Gasteiger partial charge in [0, 0.05) is 23.9 Å². The van der Waals surface area contributed by atoms with Crippen molar-refractivity contribution < 1.29 is 9.47 Å². The zero-order valence-corrected chi connectivity index (χ0v) is 11.0. The molecule has 3 nitrogen and oxygen atoms in total. The van der Waals surface area contributed by atoms with Crippen LogP contribution in [0, 0.1) is 5.92 Å². The van der Waals surface area contributed by atoms with E-state index in [2.05, 4.69) is 13.8 Å². The van der Waals surface area contributed by atoms with Gasteiger partial charge in [0.05, 0.1) is 13.2 Å². The molecule has 0 saturated carbocycles. The van der Waals surface area contributed by atoms with E-state index in [0.717, 1.165) is 30.4 Å². The lowest BCUT2D eigenvalue weighted by Gasteiger charge is -2.10. The van der Waals surface area contributed by atoms with Crippen molar-refractivity contribution in [2.75, 3.05) is 18.9 Å². The van der Waals surface area contributed by atoms with Gasteiger partial charge in [-0.3, -0.25) is 0 Å². The molecule has 0 unspecified atom stereocenters. The van der Waals surface area contributed by atoms with Crippen molar-refractivity contribution in [3.05, 3.63) is 18.2 Å². The Hall–Kier alpha value is -1.38. The Morgan fingerprint density at radius 1 is 1.12 bits per heavy atom. The average Bonchev–Trinajstić information content (AvgIpc) is 2.24. The molecule has 0 heterocycles. The summed E-state index contributed by atoms with van der Waals surface area (Å²) in [6.45, 7) is 7.75. The van der Waals surface area contributed by atoms with E-state index < -0.39 is 0 Å². The van der Waals surface area contributed by atoms with Gasteiger partial charge in [0.15, 0.2) is 0 Å². The van der Waals surface area contributed by atoms with Gasteiger partial charge in [0.25, 0.3) is 0 Å². The van der Waals surface area contributed by atoms with Crippen LogP contribution in [0.2, 0.25) is 0 Å². The summed E-state index contributed by atoms with van der Waals surface area (Å²) < 4.78 is 11.1. The van der Waals surface area contributed by atoms with Gasteiger partial charge in [-0.05, 0) is 25.7 Å². The van der Waals surface area contributed by atoms with Crippen LogP contribution in [0.1, 0.15) is 33.6 Å². The number of anilines is 1. The molecule has 96 valence electrons. The summed E-state index contributed by atoms with van der Waals surface area (Å²) in [6.07, 6.45) is 2.25. The third-order valence-corrected chi connectivity index (χ3v) is 2.41. The zero-order valence-electron chi connectivity index (χ0n) is 11.0. The molecule has 0 aliphatic heterocycles. The number of rotatable bonds is 7. The summed E-state index contributed by atoms with van der Waals surface area (Å²) in [4.78, 5) is 0. The van der Waals surface area contributed by atoms with Crippen molar-refractivity contribution in [1.82, 2.24) is 0 Å². The third-order valence-electron chi connectivity index (χ3n) is 2.41. The molecule has 0 aliphatic carbocycles. The SMILES string of the molecule is CCOc1cc(N)cc(OCCCC(C)C)c1. The lowest BCUT2D eigenvalue weighted by molar-refractivity contribution is 0.293. The smallest absolute Gasteiger partial charge is 0.125 e. The second-order valence-corrected chi connectivity index (χ2v) is 4.56. The van der Waals surface area contributed by atoms with E-state index in [4.69, 9.17) is 15.2 Å².